The molecule has 0 atom stereocenters. The van der Waals surface area contributed by atoms with Crippen molar-refractivity contribution in [2.45, 2.75) is 18.4 Å². The van der Waals surface area contributed by atoms with Crippen LogP contribution in [0, 0.1) is 6.92 Å². The van der Waals surface area contributed by atoms with Crippen LogP contribution in [0.15, 0.2) is 4.42 Å². The smallest absolute Gasteiger partial charge is 0.370 e. The van der Waals surface area contributed by atoms with E-state index in [1.807, 2.05) is 0 Å². The summed E-state index contributed by atoms with van der Waals surface area (Å²) in [5.74, 6) is -0.463. The molecule has 5 N–H and O–H groups in total. The van der Waals surface area contributed by atoms with Gasteiger partial charge in [-0.15, -0.1) is 10.2 Å². The Morgan fingerprint density at radius 2 is 1.65 bits per heavy atom. The minimum atomic E-state index is -5.50. The molecule has 0 aliphatic heterocycles. The summed E-state index contributed by atoms with van der Waals surface area (Å²) < 4.78 is 26.6. The average molecular weight is 288 g/mol. The Bertz CT molecular complexity index is 478. The lowest BCUT2D eigenvalue weighted by atomic mass is 10.4. The molecule has 0 bridgehead atoms. The number of rotatable bonds is 4. The third-order valence-corrected chi connectivity index (χ3v) is 5.63. The Morgan fingerprint density at radius 3 is 1.94 bits per heavy atom. The van der Waals surface area contributed by atoms with Gasteiger partial charge in [0.15, 0.2) is 0 Å². The van der Waals surface area contributed by atoms with Gasteiger partial charge in [0.25, 0.3) is 5.08 Å². The number of aromatic nitrogens is 2. The topological polar surface area (TPSA) is 174 Å². The van der Waals surface area contributed by atoms with E-state index in [2.05, 4.69) is 10.2 Å². The molecule has 0 saturated carbocycles. The summed E-state index contributed by atoms with van der Waals surface area (Å²) in [5.41, 5.74) is 0. The van der Waals surface area contributed by atoms with Crippen molar-refractivity contribution in [3.05, 3.63) is 11.8 Å². The molecule has 1 rings (SSSR count). The van der Waals surface area contributed by atoms with Crippen LogP contribution in [-0.4, -0.2) is 40.0 Å². The van der Waals surface area contributed by atoms with E-state index in [9.17, 15) is 14.2 Å². The molecular formula is C5H10N2O8P2. The summed E-state index contributed by atoms with van der Waals surface area (Å²) in [6.45, 7) is 1.37. The van der Waals surface area contributed by atoms with E-state index < -0.39 is 32.6 Å². The second-order valence-corrected chi connectivity index (χ2v) is 7.26. The summed E-state index contributed by atoms with van der Waals surface area (Å²) in [4.78, 5) is 35.3. The first kappa shape index (κ1) is 14.5. The van der Waals surface area contributed by atoms with Crippen LogP contribution in [0.4, 0.5) is 0 Å². The first-order chi connectivity index (χ1) is 7.47. The Kier molecular flexibility index (Phi) is 3.62. The summed E-state index contributed by atoms with van der Waals surface area (Å²) in [6, 6.07) is 0. The monoisotopic (exact) mass is 288 g/mol. The predicted octanol–water partition coefficient (Wildman–Crippen LogP) is -1.08. The highest BCUT2D eigenvalue weighted by Gasteiger charge is 2.60. The Balaban J connectivity index is 3.19. The van der Waals surface area contributed by atoms with E-state index in [0.717, 1.165) is 0 Å². The van der Waals surface area contributed by atoms with Crippen molar-refractivity contribution < 1.29 is 38.2 Å². The molecule has 1 aromatic heterocycles. The fraction of sp³-hybridized carbons (Fsp3) is 0.600. The first-order valence-corrected chi connectivity index (χ1v) is 7.32. The van der Waals surface area contributed by atoms with Crippen molar-refractivity contribution in [2.24, 2.45) is 0 Å². The van der Waals surface area contributed by atoms with Crippen molar-refractivity contribution in [3.8, 4) is 0 Å². The molecule has 10 nitrogen and oxygen atoms in total. The fourth-order valence-corrected chi connectivity index (χ4v) is 3.03. The van der Waals surface area contributed by atoms with Gasteiger partial charge in [-0.1, -0.05) is 0 Å². The minimum Gasteiger partial charge on any atom is -0.425 e. The highest BCUT2D eigenvalue weighted by Crippen LogP contribution is 2.68. The summed E-state index contributed by atoms with van der Waals surface area (Å²) >= 11 is 0. The SMILES string of the molecule is Cc1nnc(CC(O)(P(=O)(O)O)P(=O)(O)O)o1. The van der Waals surface area contributed by atoms with Crippen molar-refractivity contribution in [1.29, 1.82) is 0 Å². The van der Waals surface area contributed by atoms with E-state index >= 15 is 0 Å². The largest absolute Gasteiger partial charge is 0.425 e. The molecule has 0 unspecified atom stereocenters. The molecule has 0 fully saturated rings. The molecule has 1 aromatic rings. The van der Waals surface area contributed by atoms with E-state index in [4.69, 9.17) is 24.0 Å². The first-order valence-electron chi connectivity index (χ1n) is 4.10. The lowest BCUT2D eigenvalue weighted by Gasteiger charge is -2.27. The van der Waals surface area contributed by atoms with Gasteiger partial charge < -0.3 is 29.1 Å². The molecule has 0 amide bonds. The molecule has 0 saturated heterocycles. The lowest BCUT2D eigenvalue weighted by Crippen LogP contribution is -2.31. The Morgan fingerprint density at radius 1 is 1.18 bits per heavy atom. The van der Waals surface area contributed by atoms with Crippen LogP contribution in [0.5, 0.6) is 0 Å². The van der Waals surface area contributed by atoms with Gasteiger partial charge in [-0.25, -0.2) is 0 Å². The predicted molar refractivity (Wildman–Crippen MR) is 51.8 cm³/mol. The third-order valence-electron chi connectivity index (χ3n) is 1.89. The second kappa shape index (κ2) is 4.25. The molecule has 98 valence electrons. The van der Waals surface area contributed by atoms with Crippen LogP contribution < -0.4 is 0 Å². The van der Waals surface area contributed by atoms with Gasteiger partial charge in [-0.3, -0.25) is 9.13 Å². The van der Waals surface area contributed by atoms with Crippen molar-refractivity contribution in [1.82, 2.24) is 10.2 Å². The van der Waals surface area contributed by atoms with Crippen molar-refractivity contribution >= 4 is 15.2 Å². The zero-order valence-electron chi connectivity index (χ0n) is 8.46. The molecule has 0 aliphatic rings. The van der Waals surface area contributed by atoms with Crippen molar-refractivity contribution in [2.75, 3.05) is 0 Å². The van der Waals surface area contributed by atoms with Crippen LogP contribution in [0.3, 0.4) is 0 Å². The van der Waals surface area contributed by atoms with Gasteiger partial charge >= 0.3 is 15.2 Å². The Labute approximate surface area is 94.6 Å². The van der Waals surface area contributed by atoms with Gasteiger partial charge in [0.05, 0.1) is 6.42 Å². The molecule has 0 aromatic carbocycles. The molecule has 0 radical (unpaired) electrons. The number of hydrogen-bond acceptors (Lipinski definition) is 6. The zero-order chi connectivity index (χ0) is 13.5. The van der Waals surface area contributed by atoms with Crippen LogP contribution in [-0.2, 0) is 15.6 Å². The standard InChI is InChI=1S/C5H10N2O8P2/c1-3-6-7-4(15-3)2-5(8,16(9,10)11)17(12,13)14/h8H,2H2,1H3,(H2,9,10,11)(H2,12,13,14). The number of hydrogen-bond donors (Lipinski definition) is 5. The highest BCUT2D eigenvalue weighted by atomic mass is 31.2. The van der Waals surface area contributed by atoms with Gasteiger partial charge in [0, 0.05) is 6.92 Å². The van der Waals surface area contributed by atoms with E-state index in [-0.39, 0.29) is 5.89 Å². The van der Waals surface area contributed by atoms with Crippen LogP contribution in [0.1, 0.15) is 11.8 Å². The maximum atomic E-state index is 11.0. The quantitative estimate of drug-likeness (QED) is 0.428. The molecule has 12 heteroatoms. The molecule has 0 spiro atoms. The third kappa shape index (κ3) is 2.80. The summed E-state index contributed by atoms with van der Waals surface area (Å²) in [6.07, 6.45) is -1.15. The van der Waals surface area contributed by atoms with Crippen LogP contribution in [0.25, 0.3) is 0 Å². The van der Waals surface area contributed by atoms with Crippen molar-refractivity contribution in [3.63, 3.8) is 0 Å². The summed E-state index contributed by atoms with van der Waals surface area (Å²) in [7, 11) is -11.0. The van der Waals surface area contributed by atoms with E-state index in [0.29, 0.717) is 0 Å². The minimum absolute atomic E-state index is 0.0266. The summed E-state index contributed by atoms with van der Waals surface area (Å²) in [5, 5.41) is 12.5. The average Bonchev–Trinajstić information content (AvgIpc) is 2.47. The van der Waals surface area contributed by atoms with Crippen LogP contribution in [0.2, 0.25) is 0 Å². The molecule has 17 heavy (non-hydrogen) atoms. The van der Waals surface area contributed by atoms with E-state index in [1.54, 1.807) is 0 Å². The molecular weight excluding hydrogens is 278 g/mol. The Hall–Kier alpha value is -0.600. The maximum absolute atomic E-state index is 11.0. The zero-order valence-corrected chi connectivity index (χ0v) is 10.2. The van der Waals surface area contributed by atoms with Gasteiger partial charge in [0.2, 0.25) is 11.8 Å². The number of nitrogens with zero attached hydrogens (tertiary/aromatic N) is 2. The van der Waals surface area contributed by atoms with Crippen LogP contribution >= 0.6 is 15.2 Å². The fourth-order valence-electron chi connectivity index (χ4n) is 0.988. The maximum Gasteiger partial charge on any atom is 0.370 e. The number of aliphatic hydroxyl groups is 1. The lowest BCUT2D eigenvalue weighted by molar-refractivity contribution is 0.124. The normalized spacial score (nSPS) is 14.0. The van der Waals surface area contributed by atoms with Gasteiger partial charge in [0.1, 0.15) is 0 Å². The second-order valence-electron chi connectivity index (χ2n) is 3.25. The van der Waals surface area contributed by atoms with Gasteiger partial charge in [-0.05, 0) is 0 Å². The molecule has 1 heterocycles. The number of aryl methyl sites for hydroxylation is 1. The molecule has 0 aliphatic carbocycles. The van der Waals surface area contributed by atoms with E-state index in [1.165, 1.54) is 6.92 Å². The van der Waals surface area contributed by atoms with Gasteiger partial charge in [-0.2, -0.15) is 0 Å². The highest BCUT2D eigenvalue weighted by molar-refractivity contribution is 7.72.